The zero-order valence-electron chi connectivity index (χ0n) is 10.3. The Kier molecular flexibility index (Phi) is 3.96. The summed E-state index contributed by atoms with van der Waals surface area (Å²) in [4.78, 5) is 6.94. The van der Waals surface area contributed by atoms with Gasteiger partial charge in [0, 0.05) is 25.5 Å². The van der Waals surface area contributed by atoms with Crippen molar-refractivity contribution in [2.24, 2.45) is 5.92 Å². The summed E-state index contributed by atoms with van der Waals surface area (Å²) in [5.41, 5.74) is 0. The third-order valence-corrected chi connectivity index (χ3v) is 3.37. The summed E-state index contributed by atoms with van der Waals surface area (Å²) in [5, 5.41) is 3.26. The SMILES string of the molecule is CCn1ccnc1CN1CCC(CNC)C1. The van der Waals surface area contributed by atoms with Gasteiger partial charge in [-0.1, -0.05) is 0 Å². The Morgan fingerprint density at radius 2 is 2.44 bits per heavy atom. The van der Waals surface area contributed by atoms with E-state index < -0.39 is 0 Å². The maximum absolute atomic E-state index is 4.43. The first-order valence-corrected chi connectivity index (χ1v) is 6.20. The second-order valence-electron chi connectivity index (χ2n) is 4.58. The molecule has 0 spiro atoms. The molecule has 0 aliphatic carbocycles. The molecule has 1 aromatic rings. The smallest absolute Gasteiger partial charge is 0.122 e. The van der Waals surface area contributed by atoms with Crippen LogP contribution in [0, 0.1) is 5.92 Å². The van der Waals surface area contributed by atoms with E-state index >= 15 is 0 Å². The standard InChI is InChI=1S/C12H22N4/c1-3-16-7-5-14-12(16)10-15-6-4-11(9-15)8-13-2/h5,7,11,13H,3-4,6,8-10H2,1-2H3. The van der Waals surface area contributed by atoms with E-state index in [-0.39, 0.29) is 0 Å². The van der Waals surface area contributed by atoms with Crippen LogP contribution in [0.3, 0.4) is 0 Å². The van der Waals surface area contributed by atoms with Crippen molar-refractivity contribution in [3.63, 3.8) is 0 Å². The highest BCUT2D eigenvalue weighted by molar-refractivity contribution is 4.93. The molecule has 1 aliphatic rings. The third kappa shape index (κ3) is 2.62. The fourth-order valence-electron chi connectivity index (χ4n) is 2.49. The third-order valence-electron chi connectivity index (χ3n) is 3.37. The molecule has 1 saturated heterocycles. The molecule has 1 N–H and O–H groups in total. The molecule has 2 rings (SSSR count). The summed E-state index contributed by atoms with van der Waals surface area (Å²) in [7, 11) is 2.03. The van der Waals surface area contributed by atoms with Gasteiger partial charge in [0.2, 0.25) is 0 Å². The van der Waals surface area contributed by atoms with Crippen LogP contribution in [0.1, 0.15) is 19.2 Å². The summed E-state index contributed by atoms with van der Waals surface area (Å²) in [6.07, 6.45) is 5.28. The summed E-state index contributed by atoms with van der Waals surface area (Å²) in [6.45, 7) is 7.74. The van der Waals surface area contributed by atoms with Crippen LogP contribution in [0.25, 0.3) is 0 Å². The molecule has 1 fully saturated rings. The largest absolute Gasteiger partial charge is 0.334 e. The zero-order valence-corrected chi connectivity index (χ0v) is 10.3. The van der Waals surface area contributed by atoms with E-state index in [1.54, 1.807) is 0 Å². The molecule has 0 radical (unpaired) electrons. The Bertz CT molecular complexity index is 321. The highest BCUT2D eigenvalue weighted by Gasteiger charge is 2.22. The van der Waals surface area contributed by atoms with Crippen LogP contribution < -0.4 is 5.32 Å². The van der Waals surface area contributed by atoms with E-state index in [1.807, 2.05) is 13.2 Å². The zero-order chi connectivity index (χ0) is 11.4. The number of likely N-dealkylation sites (tertiary alicyclic amines) is 1. The molecule has 2 heterocycles. The Labute approximate surface area is 97.7 Å². The number of hydrogen-bond donors (Lipinski definition) is 1. The van der Waals surface area contributed by atoms with Crippen molar-refractivity contribution in [3.8, 4) is 0 Å². The first kappa shape index (κ1) is 11.6. The highest BCUT2D eigenvalue weighted by atomic mass is 15.2. The summed E-state index contributed by atoms with van der Waals surface area (Å²) < 4.78 is 2.23. The number of imidazole rings is 1. The Hall–Kier alpha value is -0.870. The van der Waals surface area contributed by atoms with Crippen LogP contribution in [-0.2, 0) is 13.1 Å². The lowest BCUT2D eigenvalue weighted by molar-refractivity contribution is 0.302. The minimum atomic E-state index is 0.815. The van der Waals surface area contributed by atoms with Gasteiger partial charge < -0.3 is 9.88 Å². The van der Waals surface area contributed by atoms with Crippen molar-refractivity contribution in [1.82, 2.24) is 19.8 Å². The maximum atomic E-state index is 4.43. The van der Waals surface area contributed by atoms with Crippen LogP contribution in [0.2, 0.25) is 0 Å². The van der Waals surface area contributed by atoms with E-state index in [0.717, 1.165) is 25.6 Å². The van der Waals surface area contributed by atoms with Crippen molar-refractivity contribution in [1.29, 1.82) is 0 Å². The van der Waals surface area contributed by atoms with E-state index in [0.29, 0.717) is 0 Å². The van der Waals surface area contributed by atoms with Crippen LogP contribution in [0.15, 0.2) is 12.4 Å². The molecule has 4 heteroatoms. The average Bonchev–Trinajstić information content (AvgIpc) is 2.89. The fraction of sp³-hybridized carbons (Fsp3) is 0.750. The van der Waals surface area contributed by atoms with Crippen molar-refractivity contribution in [2.75, 3.05) is 26.7 Å². The van der Waals surface area contributed by atoms with Crippen LogP contribution in [-0.4, -0.2) is 41.1 Å². The molecule has 90 valence electrons. The lowest BCUT2D eigenvalue weighted by atomic mass is 10.1. The van der Waals surface area contributed by atoms with Crippen molar-refractivity contribution in [2.45, 2.75) is 26.4 Å². The number of hydrogen-bond acceptors (Lipinski definition) is 3. The number of nitrogens with zero attached hydrogens (tertiary/aromatic N) is 3. The summed E-state index contributed by atoms with van der Waals surface area (Å²) in [6, 6.07) is 0. The minimum Gasteiger partial charge on any atom is -0.334 e. The topological polar surface area (TPSA) is 33.1 Å². The Morgan fingerprint density at radius 1 is 1.56 bits per heavy atom. The second kappa shape index (κ2) is 5.46. The van der Waals surface area contributed by atoms with E-state index in [9.17, 15) is 0 Å². The van der Waals surface area contributed by atoms with Gasteiger partial charge in [-0.3, -0.25) is 4.90 Å². The van der Waals surface area contributed by atoms with Gasteiger partial charge in [-0.15, -0.1) is 0 Å². The van der Waals surface area contributed by atoms with Gasteiger partial charge in [-0.25, -0.2) is 4.98 Å². The highest BCUT2D eigenvalue weighted by Crippen LogP contribution is 2.17. The molecule has 0 bridgehead atoms. The lowest BCUT2D eigenvalue weighted by Gasteiger charge is -2.16. The van der Waals surface area contributed by atoms with Crippen molar-refractivity contribution < 1.29 is 0 Å². The molecular weight excluding hydrogens is 200 g/mol. The minimum absolute atomic E-state index is 0.815. The number of aromatic nitrogens is 2. The quantitative estimate of drug-likeness (QED) is 0.805. The number of rotatable bonds is 5. The van der Waals surface area contributed by atoms with Gasteiger partial charge in [0.1, 0.15) is 5.82 Å². The van der Waals surface area contributed by atoms with E-state index in [4.69, 9.17) is 0 Å². The molecule has 4 nitrogen and oxygen atoms in total. The van der Waals surface area contributed by atoms with Crippen LogP contribution in [0.4, 0.5) is 0 Å². The molecule has 0 amide bonds. The molecule has 1 unspecified atom stereocenters. The van der Waals surface area contributed by atoms with Crippen molar-refractivity contribution >= 4 is 0 Å². The Balaban J connectivity index is 1.87. The average molecular weight is 222 g/mol. The Morgan fingerprint density at radius 3 is 3.19 bits per heavy atom. The van der Waals surface area contributed by atoms with Crippen LogP contribution in [0.5, 0.6) is 0 Å². The van der Waals surface area contributed by atoms with Gasteiger partial charge >= 0.3 is 0 Å². The summed E-state index contributed by atoms with van der Waals surface area (Å²) >= 11 is 0. The van der Waals surface area contributed by atoms with E-state index in [2.05, 4.69) is 32.9 Å². The molecule has 0 aromatic carbocycles. The van der Waals surface area contributed by atoms with Gasteiger partial charge in [-0.2, -0.15) is 0 Å². The second-order valence-corrected chi connectivity index (χ2v) is 4.58. The molecule has 0 saturated carbocycles. The maximum Gasteiger partial charge on any atom is 0.122 e. The fourth-order valence-corrected chi connectivity index (χ4v) is 2.49. The van der Waals surface area contributed by atoms with Gasteiger partial charge in [0.25, 0.3) is 0 Å². The van der Waals surface area contributed by atoms with Gasteiger partial charge in [0.05, 0.1) is 6.54 Å². The first-order valence-electron chi connectivity index (χ1n) is 6.20. The number of nitrogens with one attached hydrogen (secondary N) is 1. The first-order chi connectivity index (χ1) is 7.83. The monoisotopic (exact) mass is 222 g/mol. The van der Waals surface area contributed by atoms with E-state index in [1.165, 1.54) is 25.3 Å². The molecule has 1 atom stereocenters. The lowest BCUT2D eigenvalue weighted by Crippen LogP contribution is -2.25. The van der Waals surface area contributed by atoms with Crippen LogP contribution >= 0.6 is 0 Å². The molecule has 1 aliphatic heterocycles. The van der Waals surface area contributed by atoms with Gasteiger partial charge in [0.15, 0.2) is 0 Å². The number of aryl methyl sites for hydroxylation is 1. The predicted octanol–water partition coefficient (Wildman–Crippen LogP) is 0.944. The molecular formula is C12H22N4. The predicted molar refractivity (Wildman–Crippen MR) is 65.2 cm³/mol. The normalized spacial score (nSPS) is 21.8. The van der Waals surface area contributed by atoms with Crippen molar-refractivity contribution in [3.05, 3.63) is 18.2 Å². The molecule has 16 heavy (non-hydrogen) atoms. The molecule has 1 aromatic heterocycles. The summed E-state index contributed by atoms with van der Waals surface area (Å²) in [5.74, 6) is 2.02. The van der Waals surface area contributed by atoms with Gasteiger partial charge in [-0.05, 0) is 39.4 Å².